The number of phenols is 1. The molecule has 0 aromatic heterocycles. The van der Waals surface area contributed by atoms with E-state index in [0.29, 0.717) is 0 Å². The molecule has 1 aromatic carbocycles. The number of ether oxygens (including phenoxy) is 1. The van der Waals surface area contributed by atoms with Crippen LogP contribution in [-0.2, 0) is 6.42 Å². The highest BCUT2D eigenvalue weighted by molar-refractivity contribution is 5.39. The van der Waals surface area contributed by atoms with Gasteiger partial charge in [0.2, 0.25) is 0 Å². The van der Waals surface area contributed by atoms with Crippen molar-refractivity contribution in [1.29, 1.82) is 0 Å². The van der Waals surface area contributed by atoms with Crippen LogP contribution in [0.1, 0.15) is 33.8 Å². The van der Waals surface area contributed by atoms with Crippen LogP contribution >= 0.6 is 0 Å². The van der Waals surface area contributed by atoms with Crippen LogP contribution in [-0.4, -0.2) is 12.2 Å². The summed E-state index contributed by atoms with van der Waals surface area (Å²) in [5, 5.41) is 9.08. The van der Waals surface area contributed by atoms with E-state index in [2.05, 4.69) is 6.92 Å². The quantitative estimate of drug-likeness (QED) is 0.786. The number of phenolic OH excluding ortho intramolecular Hbond substituents is 1. The predicted octanol–water partition coefficient (Wildman–Crippen LogP) is 3.63. The second kappa shape index (κ2) is 8.42. The average molecular weight is 198 g/mol. The molecule has 0 saturated carbocycles. The molecule has 2 heteroatoms. The molecule has 82 valence electrons. The summed E-state index contributed by atoms with van der Waals surface area (Å²) in [4.78, 5) is 0. The first-order valence-corrected chi connectivity index (χ1v) is 4.63. The summed E-state index contributed by atoms with van der Waals surface area (Å²) in [5.41, 5.74) is 1.12. The van der Waals surface area contributed by atoms with Crippen molar-refractivity contribution in [3.8, 4) is 11.5 Å². The summed E-state index contributed by atoms with van der Waals surface area (Å²) >= 11 is 0. The largest absolute Gasteiger partial charge is 0.508 e. The number of aromatic hydroxyl groups is 1. The van der Waals surface area contributed by atoms with Crippen LogP contribution < -0.4 is 4.74 Å². The van der Waals surface area contributed by atoms with Crippen LogP contribution in [0.15, 0.2) is 18.2 Å². The van der Waals surface area contributed by atoms with Gasteiger partial charge in [-0.25, -0.2) is 0 Å². The van der Waals surface area contributed by atoms with Crippen LogP contribution in [0.5, 0.6) is 11.5 Å². The molecule has 0 radical (unpaired) electrons. The van der Waals surface area contributed by atoms with E-state index in [9.17, 15) is 0 Å². The molecule has 0 aliphatic heterocycles. The van der Waals surface area contributed by atoms with Gasteiger partial charge in [-0.05, 0) is 18.1 Å². The number of methoxy groups -OCH3 is 1. The van der Waals surface area contributed by atoms with E-state index in [4.69, 9.17) is 9.84 Å². The van der Waals surface area contributed by atoms with E-state index in [1.165, 1.54) is 0 Å². The van der Waals surface area contributed by atoms with Gasteiger partial charge in [0.1, 0.15) is 11.5 Å². The minimum atomic E-state index is 0. The van der Waals surface area contributed by atoms with Crippen molar-refractivity contribution in [2.75, 3.05) is 7.11 Å². The maximum atomic E-state index is 9.08. The molecule has 0 amide bonds. The zero-order valence-electron chi connectivity index (χ0n) is 8.79. The molecule has 0 heterocycles. The van der Waals surface area contributed by atoms with Gasteiger partial charge in [0, 0.05) is 6.07 Å². The fourth-order valence-corrected chi connectivity index (χ4v) is 1.03. The zero-order chi connectivity index (χ0) is 10.3. The number of rotatable bonds is 2. The van der Waals surface area contributed by atoms with Crippen LogP contribution in [0.25, 0.3) is 0 Å². The van der Waals surface area contributed by atoms with Crippen molar-refractivity contribution in [3.63, 3.8) is 0 Å². The predicted molar refractivity (Wildman–Crippen MR) is 62.1 cm³/mol. The number of benzene rings is 1. The standard InChI is InChI=1S/C9H12O2.C2H6.CH4/c1-3-7-4-5-8(10)6-9(7)11-2;1-2;/h4-6,10H,3H2,1-2H3;1-2H3;1H4. The van der Waals surface area contributed by atoms with E-state index >= 15 is 0 Å². The Morgan fingerprint density at radius 2 is 1.86 bits per heavy atom. The van der Waals surface area contributed by atoms with Crippen molar-refractivity contribution in [1.82, 2.24) is 0 Å². The summed E-state index contributed by atoms with van der Waals surface area (Å²) < 4.78 is 5.06. The topological polar surface area (TPSA) is 29.5 Å². The first kappa shape index (κ1) is 15.3. The van der Waals surface area contributed by atoms with Gasteiger partial charge in [0.25, 0.3) is 0 Å². The lowest BCUT2D eigenvalue weighted by Gasteiger charge is -2.05. The van der Waals surface area contributed by atoms with E-state index in [-0.39, 0.29) is 13.2 Å². The second-order valence-electron chi connectivity index (χ2n) is 2.35. The monoisotopic (exact) mass is 198 g/mol. The average Bonchev–Trinajstić information content (AvgIpc) is 2.20. The lowest BCUT2D eigenvalue weighted by Crippen LogP contribution is -1.88. The molecule has 2 nitrogen and oxygen atoms in total. The molecule has 1 N–H and O–H groups in total. The molecule has 1 aromatic rings. The molecule has 14 heavy (non-hydrogen) atoms. The SMILES string of the molecule is C.CC.CCc1ccc(O)cc1OC. The number of hydrogen-bond donors (Lipinski definition) is 1. The Kier molecular flexibility index (Phi) is 9.20. The number of aryl methyl sites for hydroxylation is 1. The highest BCUT2D eigenvalue weighted by Gasteiger charge is 2.00. The fraction of sp³-hybridized carbons (Fsp3) is 0.500. The van der Waals surface area contributed by atoms with Crippen molar-refractivity contribution in [2.45, 2.75) is 34.6 Å². The molecule has 0 unspecified atom stereocenters. The molecule has 0 aliphatic rings. The first-order chi connectivity index (χ1) is 6.27. The van der Waals surface area contributed by atoms with Crippen molar-refractivity contribution in [2.24, 2.45) is 0 Å². The lowest BCUT2D eigenvalue weighted by atomic mass is 10.1. The van der Waals surface area contributed by atoms with E-state index in [1.807, 2.05) is 19.9 Å². The van der Waals surface area contributed by atoms with Gasteiger partial charge in [-0.2, -0.15) is 0 Å². The second-order valence-corrected chi connectivity index (χ2v) is 2.35. The molecular weight excluding hydrogens is 176 g/mol. The minimum absolute atomic E-state index is 0. The van der Waals surface area contributed by atoms with Gasteiger partial charge in [0.15, 0.2) is 0 Å². The van der Waals surface area contributed by atoms with Crippen molar-refractivity contribution in [3.05, 3.63) is 23.8 Å². The summed E-state index contributed by atoms with van der Waals surface area (Å²) in [6.45, 7) is 6.05. The third kappa shape index (κ3) is 4.17. The molecule has 0 spiro atoms. The van der Waals surface area contributed by atoms with Crippen LogP contribution in [0.2, 0.25) is 0 Å². The summed E-state index contributed by atoms with van der Waals surface area (Å²) in [5.74, 6) is 1.01. The lowest BCUT2D eigenvalue weighted by molar-refractivity contribution is 0.403. The van der Waals surface area contributed by atoms with Gasteiger partial charge >= 0.3 is 0 Å². The van der Waals surface area contributed by atoms with Gasteiger partial charge in [0.05, 0.1) is 7.11 Å². The van der Waals surface area contributed by atoms with E-state index in [1.54, 1.807) is 19.2 Å². The van der Waals surface area contributed by atoms with Crippen LogP contribution in [0.4, 0.5) is 0 Å². The maximum Gasteiger partial charge on any atom is 0.125 e. The normalized spacial score (nSPS) is 8.00. The van der Waals surface area contributed by atoms with Gasteiger partial charge in [-0.3, -0.25) is 0 Å². The van der Waals surface area contributed by atoms with Crippen molar-refractivity contribution >= 4 is 0 Å². The Balaban J connectivity index is 0. The van der Waals surface area contributed by atoms with Crippen molar-refractivity contribution < 1.29 is 9.84 Å². The molecular formula is C12H22O2. The number of hydrogen-bond acceptors (Lipinski definition) is 2. The van der Waals surface area contributed by atoms with Gasteiger partial charge in [-0.1, -0.05) is 34.3 Å². The maximum absolute atomic E-state index is 9.08. The Morgan fingerprint density at radius 1 is 1.29 bits per heavy atom. The Hall–Kier alpha value is -1.18. The van der Waals surface area contributed by atoms with Crippen LogP contribution in [0.3, 0.4) is 0 Å². The van der Waals surface area contributed by atoms with E-state index in [0.717, 1.165) is 17.7 Å². The molecule has 0 atom stereocenters. The molecule has 0 fully saturated rings. The smallest absolute Gasteiger partial charge is 0.125 e. The van der Waals surface area contributed by atoms with Crippen LogP contribution in [0, 0.1) is 0 Å². The molecule has 0 aliphatic carbocycles. The van der Waals surface area contributed by atoms with Gasteiger partial charge in [-0.15, -0.1) is 0 Å². The molecule has 0 bridgehead atoms. The molecule has 1 rings (SSSR count). The third-order valence-electron chi connectivity index (χ3n) is 1.65. The Morgan fingerprint density at radius 3 is 2.29 bits per heavy atom. The zero-order valence-corrected chi connectivity index (χ0v) is 8.79. The summed E-state index contributed by atoms with van der Waals surface area (Å²) in [6, 6.07) is 5.16. The Bertz CT molecular complexity index is 244. The molecule has 0 saturated heterocycles. The Labute approximate surface area is 87.5 Å². The summed E-state index contributed by atoms with van der Waals surface area (Å²) in [7, 11) is 1.61. The third-order valence-corrected chi connectivity index (χ3v) is 1.65. The summed E-state index contributed by atoms with van der Waals surface area (Å²) in [6.07, 6.45) is 0.920. The highest BCUT2D eigenvalue weighted by atomic mass is 16.5. The minimum Gasteiger partial charge on any atom is -0.508 e. The fourth-order valence-electron chi connectivity index (χ4n) is 1.03. The first-order valence-electron chi connectivity index (χ1n) is 4.63. The van der Waals surface area contributed by atoms with E-state index < -0.39 is 0 Å². The van der Waals surface area contributed by atoms with Gasteiger partial charge < -0.3 is 9.84 Å². The highest BCUT2D eigenvalue weighted by Crippen LogP contribution is 2.23.